The molecule has 4 rings (SSSR count). The van der Waals surface area contributed by atoms with Crippen LogP contribution in [-0.2, 0) is 0 Å². The number of H-pyrrole nitrogens is 1. The predicted octanol–water partition coefficient (Wildman–Crippen LogP) is 3.79. The molecule has 0 aliphatic carbocycles. The van der Waals surface area contributed by atoms with E-state index in [4.69, 9.17) is 0 Å². The van der Waals surface area contributed by atoms with Gasteiger partial charge in [0, 0.05) is 17.4 Å². The lowest BCUT2D eigenvalue weighted by atomic mass is 10.1. The molecule has 0 bridgehead atoms. The quantitative estimate of drug-likeness (QED) is 0.602. The number of rotatable bonds is 3. The van der Waals surface area contributed by atoms with Gasteiger partial charge in [0.05, 0.1) is 5.39 Å². The number of nitrogens with zero attached hydrogens (tertiary/aromatic N) is 2. The van der Waals surface area contributed by atoms with Crippen molar-refractivity contribution in [1.29, 1.82) is 0 Å². The minimum Gasteiger partial charge on any atom is -0.326 e. The summed E-state index contributed by atoms with van der Waals surface area (Å²) < 4.78 is 0. The summed E-state index contributed by atoms with van der Waals surface area (Å²) in [5.74, 6) is 0.378. The summed E-state index contributed by atoms with van der Waals surface area (Å²) in [7, 11) is 0. The molecule has 1 aromatic carbocycles. The monoisotopic (exact) mass is 320 g/mol. The van der Waals surface area contributed by atoms with Crippen LogP contribution in [0.25, 0.3) is 22.2 Å². The van der Waals surface area contributed by atoms with Crippen molar-refractivity contribution in [3.05, 3.63) is 69.8 Å². The van der Waals surface area contributed by atoms with E-state index in [0.717, 1.165) is 16.8 Å². The summed E-state index contributed by atoms with van der Waals surface area (Å²) in [5, 5.41) is 7.58. The fraction of sp³-hybridized carbons (Fsp3) is 0. The fourth-order valence-electron chi connectivity index (χ4n) is 2.44. The van der Waals surface area contributed by atoms with Crippen molar-refractivity contribution < 1.29 is 0 Å². The van der Waals surface area contributed by atoms with Gasteiger partial charge < -0.3 is 5.32 Å². The van der Waals surface area contributed by atoms with Crippen molar-refractivity contribution in [1.82, 2.24) is 15.0 Å². The highest BCUT2D eigenvalue weighted by atomic mass is 32.1. The predicted molar refractivity (Wildman–Crippen MR) is 93.2 cm³/mol. The first-order chi connectivity index (χ1) is 11.3. The normalized spacial score (nSPS) is 10.8. The average molecular weight is 320 g/mol. The van der Waals surface area contributed by atoms with E-state index in [-0.39, 0.29) is 5.56 Å². The summed E-state index contributed by atoms with van der Waals surface area (Å²) in [6, 6.07) is 13.4. The minimum atomic E-state index is -0.206. The number of nitrogens with one attached hydrogen (secondary N) is 2. The molecular weight excluding hydrogens is 308 g/mol. The Balaban J connectivity index is 1.85. The number of thiophene rings is 1. The van der Waals surface area contributed by atoms with Crippen LogP contribution in [0.15, 0.2) is 64.2 Å². The van der Waals surface area contributed by atoms with Crippen molar-refractivity contribution in [2.75, 3.05) is 5.32 Å². The average Bonchev–Trinajstić information content (AvgIpc) is 3.09. The number of hydrogen-bond acceptors (Lipinski definition) is 5. The topological polar surface area (TPSA) is 70.7 Å². The Kier molecular flexibility index (Phi) is 3.36. The van der Waals surface area contributed by atoms with E-state index in [9.17, 15) is 4.79 Å². The van der Waals surface area contributed by atoms with Gasteiger partial charge in [-0.25, -0.2) is 4.98 Å². The van der Waals surface area contributed by atoms with Crippen LogP contribution in [0.3, 0.4) is 0 Å². The number of para-hydroxylation sites is 1. The van der Waals surface area contributed by atoms with Crippen LogP contribution in [-0.4, -0.2) is 15.0 Å². The third-order valence-corrected chi connectivity index (χ3v) is 4.16. The molecule has 0 atom stereocenters. The van der Waals surface area contributed by atoms with Crippen LogP contribution in [0, 0.1) is 0 Å². The van der Waals surface area contributed by atoms with Gasteiger partial charge >= 0.3 is 0 Å². The molecule has 0 unspecified atom stereocenters. The molecule has 4 aromatic rings. The van der Waals surface area contributed by atoms with E-state index >= 15 is 0 Å². The van der Waals surface area contributed by atoms with E-state index in [1.165, 1.54) is 0 Å². The molecule has 23 heavy (non-hydrogen) atoms. The SMILES string of the molecule is O=c1[nH]c(Nc2ccccc2)nc2nccc(-c3ccsc3)c12. The van der Waals surface area contributed by atoms with Crippen molar-refractivity contribution in [3.8, 4) is 11.1 Å². The Morgan fingerprint density at radius 1 is 1.09 bits per heavy atom. The maximum atomic E-state index is 12.5. The molecule has 3 heterocycles. The summed E-state index contributed by atoms with van der Waals surface area (Å²) >= 11 is 1.59. The Bertz CT molecular complexity index is 1010. The Morgan fingerprint density at radius 3 is 2.74 bits per heavy atom. The highest BCUT2D eigenvalue weighted by molar-refractivity contribution is 7.08. The fourth-order valence-corrected chi connectivity index (χ4v) is 3.09. The van der Waals surface area contributed by atoms with Crippen LogP contribution < -0.4 is 10.9 Å². The first-order valence-electron chi connectivity index (χ1n) is 7.05. The van der Waals surface area contributed by atoms with Gasteiger partial charge in [-0.3, -0.25) is 9.78 Å². The number of fused-ring (bicyclic) bond motifs is 1. The molecule has 0 fully saturated rings. The zero-order valence-electron chi connectivity index (χ0n) is 12.0. The first kappa shape index (κ1) is 13.7. The smallest absolute Gasteiger partial charge is 0.262 e. The molecule has 6 heteroatoms. The van der Waals surface area contributed by atoms with E-state index in [0.29, 0.717) is 17.0 Å². The number of hydrogen-bond donors (Lipinski definition) is 2. The molecule has 0 saturated carbocycles. The maximum Gasteiger partial charge on any atom is 0.262 e. The zero-order valence-corrected chi connectivity index (χ0v) is 12.8. The van der Waals surface area contributed by atoms with Crippen LogP contribution >= 0.6 is 11.3 Å². The first-order valence-corrected chi connectivity index (χ1v) is 7.99. The number of aromatic nitrogens is 3. The minimum absolute atomic E-state index is 0.206. The maximum absolute atomic E-state index is 12.5. The van der Waals surface area contributed by atoms with Crippen LogP contribution in [0.5, 0.6) is 0 Å². The van der Waals surface area contributed by atoms with Gasteiger partial charge in [-0.2, -0.15) is 16.3 Å². The second-order valence-corrected chi connectivity index (χ2v) is 5.75. The highest BCUT2D eigenvalue weighted by Crippen LogP contribution is 2.26. The van der Waals surface area contributed by atoms with Crippen LogP contribution in [0.1, 0.15) is 0 Å². The van der Waals surface area contributed by atoms with Gasteiger partial charge in [0.25, 0.3) is 5.56 Å². The number of pyridine rings is 1. The third-order valence-electron chi connectivity index (χ3n) is 3.48. The largest absolute Gasteiger partial charge is 0.326 e. The van der Waals surface area contributed by atoms with Gasteiger partial charge in [-0.1, -0.05) is 18.2 Å². The van der Waals surface area contributed by atoms with E-state index < -0.39 is 0 Å². The molecule has 2 N–H and O–H groups in total. The van der Waals surface area contributed by atoms with Crippen molar-refractivity contribution >= 4 is 34.0 Å². The van der Waals surface area contributed by atoms with E-state index in [1.807, 2.05) is 53.2 Å². The number of anilines is 2. The number of aromatic amines is 1. The summed E-state index contributed by atoms with van der Waals surface area (Å²) in [4.78, 5) is 24.0. The van der Waals surface area contributed by atoms with Crippen LogP contribution in [0.2, 0.25) is 0 Å². The Labute approximate surface area is 135 Å². The molecule has 0 aliphatic heterocycles. The van der Waals surface area contributed by atoms with Crippen molar-refractivity contribution in [2.45, 2.75) is 0 Å². The molecule has 0 amide bonds. The molecule has 0 spiro atoms. The molecule has 0 aliphatic rings. The molecule has 0 radical (unpaired) electrons. The van der Waals surface area contributed by atoms with E-state index in [2.05, 4.69) is 20.3 Å². The van der Waals surface area contributed by atoms with Crippen molar-refractivity contribution in [2.24, 2.45) is 0 Å². The number of benzene rings is 1. The molecule has 0 saturated heterocycles. The third kappa shape index (κ3) is 2.60. The molecule has 5 nitrogen and oxygen atoms in total. The van der Waals surface area contributed by atoms with Gasteiger partial charge in [0.2, 0.25) is 5.95 Å². The van der Waals surface area contributed by atoms with Gasteiger partial charge in [-0.15, -0.1) is 0 Å². The lowest BCUT2D eigenvalue weighted by Gasteiger charge is -2.07. The molecular formula is C17H12N4OS. The van der Waals surface area contributed by atoms with E-state index in [1.54, 1.807) is 17.5 Å². The highest BCUT2D eigenvalue weighted by Gasteiger charge is 2.11. The molecule has 112 valence electrons. The zero-order chi connectivity index (χ0) is 15.6. The summed E-state index contributed by atoms with van der Waals surface area (Å²) in [6.07, 6.45) is 1.67. The Morgan fingerprint density at radius 2 is 1.96 bits per heavy atom. The van der Waals surface area contributed by atoms with Gasteiger partial charge in [0.15, 0.2) is 5.65 Å². The lowest BCUT2D eigenvalue weighted by molar-refractivity contribution is 1.14. The summed E-state index contributed by atoms with van der Waals surface area (Å²) in [6.45, 7) is 0. The standard InChI is InChI=1S/C17H12N4OS/c22-16-14-13(11-7-9-23-10-11)6-8-18-15(14)20-17(21-16)19-12-4-2-1-3-5-12/h1-10H,(H2,18,19,20,21,22). The Hall–Kier alpha value is -2.99. The lowest BCUT2D eigenvalue weighted by Crippen LogP contribution is -2.12. The van der Waals surface area contributed by atoms with Gasteiger partial charge in [0.1, 0.15) is 0 Å². The van der Waals surface area contributed by atoms with Crippen molar-refractivity contribution in [3.63, 3.8) is 0 Å². The molecule has 3 aromatic heterocycles. The second kappa shape index (κ2) is 5.66. The summed E-state index contributed by atoms with van der Waals surface area (Å²) in [5.41, 5.74) is 2.91. The second-order valence-electron chi connectivity index (χ2n) is 4.97. The van der Waals surface area contributed by atoms with Crippen LogP contribution in [0.4, 0.5) is 11.6 Å². The van der Waals surface area contributed by atoms with Gasteiger partial charge in [-0.05, 0) is 40.6 Å².